The fourth-order valence-electron chi connectivity index (χ4n) is 3.08. The van der Waals surface area contributed by atoms with E-state index in [1.54, 1.807) is 12.1 Å². The van der Waals surface area contributed by atoms with Gasteiger partial charge in [-0.1, -0.05) is 30.3 Å². The molecule has 1 aromatic heterocycles. The summed E-state index contributed by atoms with van der Waals surface area (Å²) < 4.78 is 5.36. The van der Waals surface area contributed by atoms with E-state index in [-0.39, 0.29) is 5.76 Å². The molecule has 4 heteroatoms. The lowest BCUT2D eigenvalue weighted by molar-refractivity contribution is 0.0659. The molecule has 0 atom stereocenters. The normalized spacial score (nSPS) is 16.7. The van der Waals surface area contributed by atoms with E-state index in [2.05, 4.69) is 29.2 Å². The highest BCUT2D eigenvalue weighted by Crippen LogP contribution is 2.23. The zero-order valence-corrected chi connectivity index (χ0v) is 12.6. The van der Waals surface area contributed by atoms with Crippen molar-refractivity contribution in [3.05, 3.63) is 59.5 Å². The van der Waals surface area contributed by atoms with Gasteiger partial charge in [-0.05, 0) is 49.5 Å². The van der Waals surface area contributed by atoms with Crippen LogP contribution in [-0.4, -0.2) is 29.1 Å². The third-order valence-corrected chi connectivity index (χ3v) is 4.32. The van der Waals surface area contributed by atoms with Crippen molar-refractivity contribution in [2.45, 2.75) is 25.8 Å². The zero-order chi connectivity index (χ0) is 15.4. The summed E-state index contributed by atoms with van der Waals surface area (Å²) in [6, 6.07) is 13.9. The predicted molar refractivity (Wildman–Crippen MR) is 83.8 cm³/mol. The highest BCUT2D eigenvalue weighted by Gasteiger charge is 2.21. The molecular weight excluding hydrogens is 278 g/mol. The summed E-state index contributed by atoms with van der Waals surface area (Å²) in [5.41, 5.74) is 1.36. The van der Waals surface area contributed by atoms with Crippen LogP contribution in [0, 0.1) is 5.92 Å². The van der Waals surface area contributed by atoms with Crippen molar-refractivity contribution < 1.29 is 14.3 Å². The van der Waals surface area contributed by atoms with Gasteiger partial charge in [0.1, 0.15) is 5.76 Å². The summed E-state index contributed by atoms with van der Waals surface area (Å²) in [6.07, 6.45) is 3.11. The van der Waals surface area contributed by atoms with E-state index in [4.69, 9.17) is 9.52 Å². The number of benzene rings is 1. The lowest BCUT2D eigenvalue weighted by Crippen LogP contribution is -2.33. The van der Waals surface area contributed by atoms with Crippen molar-refractivity contribution in [2.24, 2.45) is 5.92 Å². The minimum absolute atomic E-state index is 0.0384. The molecule has 4 nitrogen and oxygen atoms in total. The molecule has 2 aromatic rings. The molecule has 0 radical (unpaired) electrons. The van der Waals surface area contributed by atoms with Crippen molar-refractivity contribution in [3.63, 3.8) is 0 Å². The van der Waals surface area contributed by atoms with Crippen LogP contribution in [0.3, 0.4) is 0 Å². The molecule has 1 N–H and O–H groups in total. The Morgan fingerprint density at radius 3 is 2.50 bits per heavy atom. The first-order valence-corrected chi connectivity index (χ1v) is 7.79. The van der Waals surface area contributed by atoms with Gasteiger partial charge in [0, 0.05) is 13.0 Å². The minimum Gasteiger partial charge on any atom is -0.475 e. The highest BCUT2D eigenvalue weighted by atomic mass is 16.4. The molecule has 0 amide bonds. The van der Waals surface area contributed by atoms with E-state index in [0.29, 0.717) is 5.92 Å². The summed E-state index contributed by atoms with van der Waals surface area (Å²) in [5.74, 6) is 0.416. The first-order valence-electron chi connectivity index (χ1n) is 7.79. The third-order valence-electron chi connectivity index (χ3n) is 4.32. The molecule has 0 bridgehead atoms. The Balaban J connectivity index is 1.48. The number of rotatable bonds is 5. The molecule has 1 fully saturated rings. The van der Waals surface area contributed by atoms with Crippen LogP contribution in [-0.2, 0) is 13.0 Å². The smallest absolute Gasteiger partial charge is 0.371 e. The molecule has 3 rings (SSSR count). The van der Waals surface area contributed by atoms with Crippen LogP contribution in [0.25, 0.3) is 0 Å². The molecule has 1 aromatic carbocycles. The topological polar surface area (TPSA) is 53.7 Å². The Morgan fingerprint density at radius 2 is 1.86 bits per heavy atom. The fraction of sp³-hybridized carbons (Fsp3) is 0.389. The van der Waals surface area contributed by atoms with Crippen LogP contribution in [0.5, 0.6) is 0 Å². The molecule has 1 saturated heterocycles. The lowest BCUT2D eigenvalue weighted by atomic mass is 9.92. The molecule has 0 spiro atoms. The number of piperidine rings is 1. The summed E-state index contributed by atoms with van der Waals surface area (Å²) in [5, 5.41) is 8.88. The standard InChI is InChI=1S/C18H21NO3/c20-18(21)17-7-6-16(22-17)12-14-8-10-19(11-9-14)13-15-4-2-1-3-5-15/h1-7,14H,8-13H2,(H,20,21). The molecular formula is C18H21NO3. The van der Waals surface area contributed by atoms with Gasteiger partial charge in [-0.2, -0.15) is 0 Å². The van der Waals surface area contributed by atoms with Crippen LogP contribution in [0.4, 0.5) is 0 Å². The van der Waals surface area contributed by atoms with Crippen molar-refractivity contribution >= 4 is 5.97 Å². The van der Waals surface area contributed by atoms with Crippen LogP contribution >= 0.6 is 0 Å². The maximum Gasteiger partial charge on any atom is 0.371 e. The largest absolute Gasteiger partial charge is 0.475 e. The van der Waals surface area contributed by atoms with Gasteiger partial charge in [0.25, 0.3) is 0 Å². The fourth-order valence-corrected chi connectivity index (χ4v) is 3.08. The van der Waals surface area contributed by atoms with E-state index in [1.165, 1.54) is 5.56 Å². The van der Waals surface area contributed by atoms with Crippen LogP contribution in [0.15, 0.2) is 46.9 Å². The Kier molecular flexibility index (Phi) is 4.59. The number of furan rings is 1. The number of carboxylic acids is 1. The number of carboxylic acid groups (broad SMARTS) is 1. The van der Waals surface area contributed by atoms with Gasteiger partial charge in [0.05, 0.1) is 0 Å². The number of hydrogen-bond acceptors (Lipinski definition) is 3. The monoisotopic (exact) mass is 299 g/mol. The van der Waals surface area contributed by atoms with Crippen molar-refractivity contribution in [1.82, 2.24) is 4.90 Å². The third kappa shape index (κ3) is 3.77. The molecule has 0 unspecified atom stereocenters. The van der Waals surface area contributed by atoms with E-state index in [0.717, 1.165) is 44.7 Å². The molecule has 22 heavy (non-hydrogen) atoms. The molecule has 1 aliphatic rings. The van der Waals surface area contributed by atoms with Gasteiger partial charge >= 0.3 is 5.97 Å². The first-order chi connectivity index (χ1) is 10.7. The average Bonchev–Trinajstić information content (AvgIpc) is 2.99. The minimum atomic E-state index is -0.996. The lowest BCUT2D eigenvalue weighted by Gasteiger charge is -2.31. The van der Waals surface area contributed by atoms with Gasteiger partial charge in [-0.15, -0.1) is 0 Å². The zero-order valence-electron chi connectivity index (χ0n) is 12.6. The Labute approximate surface area is 130 Å². The van der Waals surface area contributed by atoms with E-state index < -0.39 is 5.97 Å². The van der Waals surface area contributed by atoms with E-state index >= 15 is 0 Å². The summed E-state index contributed by atoms with van der Waals surface area (Å²) in [6.45, 7) is 3.19. The molecule has 1 aliphatic heterocycles. The number of hydrogen-bond donors (Lipinski definition) is 1. The summed E-state index contributed by atoms with van der Waals surface area (Å²) >= 11 is 0. The number of nitrogens with zero attached hydrogens (tertiary/aromatic N) is 1. The Morgan fingerprint density at radius 1 is 1.14 bits per heavy atom. The Hall–Kier alpha value is -2.07. The second-order valence-electron chi connectivity index (χ2n) is 5.98. The average molecular weight is 299 g/mol. The maximum atomic E-state index is 10.8. The van der Waals surface area contributed by atoms with Crippen LogP contribution < -0.4 is 0 Å². The SMILES string of the molecule is O=C(O)c1ccc(CC2CCN(Cc3ccccc3)CC2)o1. The summed E-state index contributed by atoms with van der Waals surface area (Å²) in [7, 11) is 0. The van der Waals surface area contributed by atoms with Crippen LogP contribution in [0.2, 0.25) is 0 Å². The van der Waals surface area contributed by atoms with Crippen LogP contribution in [0.1, 0.15) is 34.7 Å². The van der Waals surface area contributed by atoms with Gasteiger partial charge in [-0.3, -0.25) is 4.90 Å². The van der Waals surface area contributed by atoms with Gasteiger partial charge in [0.15, 0.2) is 0 Å². The number of carbonyl (C=O) groups is 1. The van der Waals surface area contributed by atoms with E-state index in [9.17, 15) is 4.79 Å². The second kappa shape index (κ2) is 6.79. The predicted octanol–water partition coefficient (Wildman–Crippen LogP) is 3.43. The number of aromatic carboxylic acids is 1. The van der Waals surface area contributed by atoms with Crippen molar-refractivity contribution in [3.8, 4) is 0 Å². The molecule has 0 aliphatic carbocycles. The van der Waals surface area contributed by atoms with E-state index in [1.807, 2.05) is 6.07 Å². The molecule has 116 valence electrons. The summed E-state index contributed by atoms with van der Waals surface area (Å²) in [4.78, 5) is 13.3. The quantitative estimate of drug-likeness (QED) is 0.919. The van der Waals surface area contributed by atoms with Gasteiger partial charge in [0.2, 0.25) is 5.76 Å². The number of likely N-dealkylation sites (tertiary alicyclic amines) is 1. The molecule has 0 saturated carbocycles. The maximum absolute atomic E-state index is 10.8. The molecule has 2 heterocycles. The second-order valence-corrected chi connectivity index (χ2v) is 5.98. The highest BCUT2D eigenvalue weighted by molar-refractivity contribution is 5.84. The Bertz CT molecular complexity index is 612. The van der Waals surface area contributed by atoms with Crippen molar-refractivity contribution in [2.75, 3.05) is 13.1 Å². The first kappa shape index (κ1) is 14.9. The van der Waals surface area contributed by atoms with Gasteiger partial charge < -0.3 is 9.52 Å². The van der Waals surface area contributed by atoms with Crippen molar-refractivity contribution in [1.29, 1.82) is 0 Å². The van der Waals surface area contributed by atoms with Gasteiger partial charge in [-0.25, -0.2) is 4.79 Å².